The number of ether oxygens (including phenoxy) is 1. The number of nitrogens with zero attached hydrogens (tertiary/aromatic N) is 1. The van der Waals surface area contributed by atoms with Crippen molar-refractivity contribution in [1.29, 1.82) is 0 Å². The number of hydrogen-bond acceptors (Lipinski definition) is 4. The van der Waals surface area contributed by atoms with Crippen LogP contribution in [0, 0.1) is 0 Å². The number of alkyl halides is 1. The van der Waals surface area contributed by atoms with Gasteiger partial charge in [0.15, 0.2) is 0 Å². The van der Waals surface area contributed by atoms with Crippen LogP contribution in [0.3, 0.4) is 0 Å². The number of piperazine rings is 1. The van der Waals surface area contributed by atoms with Crippen molar-refractivity contribution in [3.05, 3.63) is 0 Å². The molecule has 0 aromatic rings. The topological polar surface area (TPSA) is 41.6 Å². The van der Waals surface area contributed by atoms with E-state index in [2.05, 4.69) is 26.1 Å². The maximum Gasteiger partial charge on any atom is 0.306 e. The van der Waals surface area contributed by atoms with Crippen molar-refractivity contribution in [3.63, 3.8) is 0 Å². The van der Waals surface area contributed by atoms with E-state index in [1.54, 1.807) is 0 Å². The van der Waals surface area contributed by atoms with Crippen LogP contribution >= 0.6 is 15.9 Å². The van der Waals surface area contributed by atoms with Crippen LogP contribution in [-0.4, -0.2) is 55.5 Å². The van der Waals surface area contributed by atoms with E-state index >= 15 is 0 Å². The summed E-state index contributed by atoms with van der Waals surface area (Å²) < 4.78 is 5.05. The first-order chi connectivity index (χ1) is 6.83. The van der Waals surface area contributed by atoms with Gasteiger partial charge in [-0.2, -0.15) is 0 Å². The summed E-state index contributed by atoms with van der Waals surface area (Å²) >= 11 is 3.20. The van der Waals surface area contributed by atoms with Crippen molar-refractivity contribution in [2.75, 3.05) is 44.7 Å². The fraction of sp³-hybridized carbons (Fsp3) is 0.889. The van der Waals surface area contributed by atoms with Gasteiger partial charge in [0, 0.05) is 38.1 Å². The van der Waals surface area contributed by atoms with Crippen LogP contribution in [-0.2, 0) is 9.53 Å². The third-order valence-electron chi connectivity index (χ3n) is 2.18. The number of carbonyl (C=O) groups is 1. The summed E-state index contributed by atoms with van der Waals surface area (Å²) in [5, 5.41) is 3.96. The van der Waals surface area contributed by atoms with Gasteiger partial charge in [-0.05, 0) is 0 Å². The molecular formula is C9H17BrN2O2. The molecule has 4 nitrogen and oxygen atoms in total. The lowest BCUT2D eigenvalue weighted by atomic mass is 10.3. The van der Waals surface area contributed by atoms with Crippen LogP contribution in [0.4, 0.5) is 0 Å². The lowest BCUT2D eigenvalue weighted by molar-refractivity contribution is -0.143. The molecule has 0 unspecified atom stereocenters. The van der Waals surface area contributed by atoms with Crippen LogP contribution < -0.4 is 5.32 Å². The first-order valence-electron chi connectivity index (χ1n) is 4.97. The number of nitrogens with one attached hydrogen (secondary N) is 1. The highest BCUT2D eigenvalue weighted by molar-refractivity contribution is 9.09. The molecule has 0 aromatic carbocycles. The Morgan fingerprint density at radius 1 is 1.43 bits per heavy atom. The molecule has 1 rings (SSSR count). The third-order valence-corrected chi connectivity index (χ3v) is 2.58. The van der Waals surface area contributed by atoms with Gasteiger partial charge in [0.25, 0.3) is 0 Å². The minimum Gasteiger partial charge on any atom is -0.464 e. The van der Waals surface area contributed by atoms with E-state index in [1.165, 1.54) is 0 Å². The molecule has 1 aliphatic rings. The average Bonchev–Trinajstić information content (AvgIpc) is 2.20. The van der Waals surface area contributed by atoms with Gasteiger partial charge in [-0.1, -0.05) is 15.9 Å². The van der Waals surface area contributed by atoms with Crippen LogP contribution in [0.15, 0.2) is 0 Å². The Kier molecular flexibility index (Phi) is 6.14. The minimum absolute atomic E-state index is 0.114. The first-order valence-corrected chi connectivity index (χ1v) is 6.09. The second kappa shape index (κ2) is 7.20. The highest BCUT2D eigenvalue weighted by Gasteiger charge is 2.09. The third kappa shape index (κ3) is 4.93. The molecule has 5 heteroatoms. The van der Waals surface area contributed by atoms with Crippen LogP contribution in [0.1, 0.15) is 6.42 Å². The molecular weight excluding hydrogens is 248 g/mol. The second-order valence-corrected chi connectivity index (χ2v) is 4.04. The Labute approximate surface area is 93.1 Å². The van der Waals surface area contributed by atoms with Gasteiger partial charge in [-0.25, -0.2) is 0 Å². The van der Waals surface area contributed by atoms with Gasteiger partial charge < -0.3 is 10.1 Å². The Balaban J connectivity index is 1.99. The smallest absolute Gasteiger partial charge is 0.306 e. The molecule has 0 radical (unpaired) electrons. The molecule has 0 saturated carbocycles. The largest absolute Gasteiger partial charge is 0.464 e. The molecule has 0 bridgehead atoms. The summed E-state index contributed by atoms with van der Waals surface area (Å²) in [5.74, 6) is -0.114. The van der Waals surface area contributed by atoms with Crippen molar-refractivity contribution in [2.24, 2.45) is 0 Å². The monoisotopic (exact) mass is 264 g/mol. The molecule has 82 valence electrons. The van der Waals surface area contributed by atoms with Crippen LogP contribution in [0.2, 0.25) is 0 Å². The lowest BCUT2D eigenvalue weighted by Gasteiger charge is -2.26. The summed E-state index contributed by atoms with van der Waals surface area (Å²) in [6, 6.07) is 0. The van der Waals surface area contributed by atoms with E-state index in [9.17, 15) is 4.79 Å². The molecule has 1 saturated heterocycles. The van der Waals surface area contributed by atoms with E-state index < -0.39 is 0 Å². The standard InChI is InChI=1S/C9H17BrN2O2/c10-2-1-9(13)14-8-7-12-5-3-11-4-6-12/h11H,1-8H2. The maximum absolute atomic E-state index is 11.0. The van der Waals surface area contributed by atoms with Gasteiger partial charge in [-0.15, -0.1) is 0 Å². The van der Waals surface area contributed by atoms with Gasteiger partial charge >= 0.3 is 5.97 Å². The number of esters is 1. The lowest BCUT2D eigenvalue weighted by Crippen LogP contribution is -2.44. The fourth-order valence-corrected chi connectivity index (χ4v) is 1.70. The van der Waals surface area contributed by atoms with Gasteiger partial charge in [0.2, 0.25) is 0 Å². The second-order valence-electron chi connectivity index (χ2n) is 3.25. The van der Waals surface area contributed by atoms with Crippen molar-refractivity contribution in [1.82, 2.24) is 10.2 Å². The summed E-state index contributed by atoms with van der Waals surface area (Å²) in [6.45, 7) is 5.55. The zero-order valence-corrected chi connectivity index (χ0v) is 9.88. The van der Waals surface area contributed by atoms with Gasteiger partial charge in [0.05, 0.1) is 6.42 Å². The van der Waals surface area contributed by atoms with Crippen molar-refractivity contribution < 1.29 is 9.53 Å². The highest BCUT2D eigenvalue weighted by atomic mass is 79.9. The van der Waals surface area contributed by atoms with E-state index in [1.807, 2.05) is 0 Å². The van der Waals surface area contributed by atoms with E-state index in [-0.39, 0.29) is 5.97 Å². The molecule has 1 N–H and O–H groups in total. The molecule has 0 aliphatic carbocycles. The summed E-state index contributed by atoms with van der Waals surface area (Å²) in [4.78, 5) is 13.3. The predicted octanol–water partition coefficient (Wildman–Crippen LogP) is 0.220. The van der Waals surface area contributed by atoms with E-state index in [0.717, 1.165) is 32.7 Å². The van der Waals surface area contributed by atoms with Gasteiger partial charge in [-0.3, -0.25) is 9.69 Å². The maximum atomic E-state index is 11.0. The SMILES string of the molecule is O=C(CCBr)OCCN1CCNCC1. The molecule has 1 aliphatic heterocycles. The Bertz CT molecular complexity index is 172. The zero-order valence-electron chi connectivity index (χ0n) is 8.30. The molecule has 1 fully saturated rings. The quantitative estimate of drug-likeness (QED) is 0.570. The Morgan fingerprint density at radius 2 is 2.14 bits per heavy atom. The van der Waals surface area contributed by atoms with E-state index in [0.29, 0.717) is 18.4 Å². The summed E-state index contributed by atoms with van der Waals surface area (Å²) in [5.41, 5.74) is 0. The molecule has 1 heterocycles. The number of carbonyl (C=O) groups excluding carboxylic acids is 1. The molecule has 0 aromatic heterocycles. The number of hydrogen-bond donors (Lipinski definition) is 1. The van der Waals surface area contributed by atoms with E-state index in [4.69, 9.17) is 4.74 Å². The van der Waals surface area contributed by atoms with Crippen molar-refractivity contribution in [3.8, 4) is 0 Å². The predicted molar refractivity (Wildman–Crippen MR) is 58.7 cm³/mol. The number of halogens is 1. The van der Waals surface area contributed by atoms with Crippen LogP contribution in [0.5, 0.6) is 0 Å². The summed E-state index contributed by atoms with van der Waals surface area (Å²) in [6.07, 6.45) is 0.460. The Morgan fingerprint density at radius 3 is 2.79 bits per heavy atom. The minimum atomic E-state index is -0.114. The fourth-order valence-electron chi connectivity index (χ4n) is 1.37. The molecule has 0 spiro atoms. The Hall–Kier alpha value is -0.130. The zero-order chi connectivity index (χ0) is 10.2. The van der Waals surface area contributed by atoms with Crippen molar-refractivity contribution >= 4 is 21.9 Å². The summed E-state index contributed by atoms with van der Waals surface area (Å²) in [7, 11) is 0. The highest BCUT2D eigenvalue weighted by Crippen LogP contribution is 1.94. The molecule has 0 amide bonds. The average molecular weight is 265 g/mol. The first kappa shape index (κ1) is 11.9. The normalized spacial score (nSPS) is 18.1. The van der Waals surface area contributed by atoms with Crippen molar-refractivity contribution in [2.45, 2.75) is 6.42 Å². The molecule has 14 heavy (non-hydrogen) atoms. The van der Waals surface area contributed by atoms with Crippen LogP contribution in [0.25, 0.3) is 0 Å². The van der Waals surface area contributed by atoms with Gasteiger partial charge in [0.1, 0.15) is 6.61 Å². The molecule has 0 atom stereocenters. The number of rotatable bonds is 5.